The molecule has 0 spiro atoms. The van der Waals surface area contributed by atoms with Crippen molar-refractivity contribution in [1.29, 1.82) is 5.41 Å². The molecule has 0 fully saturated rings. The maximum Gasteiger partial charge on any atom is 0.337 e. The Morgan fingerprint density at radius 3 is 2.76 bits per heavy atom. The molecule has 0 aliphatic carbocycles. The van der Waals surface area contributed by atoms with Gasteiger partial charge in [-0.2, -0.15) is 11.3 Å². The second-order valence-electron chi connectivity index (χ2n) is 5.58. The fourth-order valence-corrected chi connectivity index (χ4v) is 3.78. The monoisotopic (exact) mass is 368 g/mol. The normalized spacial score (nSPS) is 17.1. The zero-order chi connectivity index (χ0) is 17.8. The van der Waals surface area contributed by atoms with Crippen LogP contribution in [-0.2, 0) is 16.1 Å². The van der Waals surface area contributed by atoms with Crippen LogP contribution in [-0.4, -0.2) is 16.8 Å². The Labute approximate surface area is 155 Å². The van der Waals surface area contributed by atoms with E-state index in [1.165, 1.54) is 11.3 Å². The van der Waals surface area contributed by atoms with Gasteiger partial charge in [-0.3, -0.25) is 5.41 Å². The molecule has 6 heteroatoms. The Morgan fingerprint density at radius 1 is 1.36 bits per heavy atom. The van der Waals surface area contributed by atoms with Crippen molar-refractivity contribution in [2.75, 3.05) is 0 Å². The molecule has 0 amide bonds. The first kappa shape index (κ1) is 17.3. The lowest BCUT2D eigenvalue weighted by Gasteiger charge is -2.28. The van der Waals surface area contributed by atoms with Crippen LogP contribution >= 0.6 is 23.6 Å². The zero-order valence-corrected chi connectivity index (χ0v) is 15.2. The highest BCUT2D eigenvalue weighted by Crippen LogP contribution is 2.37. The molecule has 2 N–H and O–H groups in total. The largest absolute Gasteiger partial charge is 0.457 e. The van der Waals surface area contributed by atoms with Crippen molar-refractivity contribution in [2.24, 2.45) is 0 Å². The summed E-state index contributed by atoms with van der Waals surface area (Å²) in [4.78, 5) is 13.2. The number of nitrogens with one attached hydrogen (secondary N) is 2. The number of esters is 1. The van der Waals surface area contributed by atoms with E-state index in [4.69, 9.17) is 22.4 Å². The highest BCUT2D eigenvalue weighted by atomic mass is 32.1. The summed E-state index contributed by atoms with van der Waals surface area (Å²) < 4.78 is 5.52. The molecule has 0 radical (unpaired) electrons. The third kappa shape index (κ3) is 3.61. The maximum atomic E-state index is 12.8. The van der Waals surface area contributed by atoms with Gasteiger partial charge in [0, 0.05) is 5.70 Å². The van der Waals surface area contributed by atoms with Crippen molar-refractivity contribution in [3.8, 4) is 0 Å². The number of allylic oxidation sites excluding steroid dienone is 1. The third-order valence-electron chi connectivity index (χ3n) is 3.97. The zero-order valence-electron chi connectivity index (χ0n) is 13.5. The summed E-state index contributed by atoms with van der Waals surface area (Å²) in [5, 5.41) is 14.5. The number of thiophene rings is 1. The summed E-state index contributed by atoms with van der Waals surface area (Å²) in [6.45, 7) is 1.99. The molecular weight excluding hydrogens is 352 g/mol. The number of thiocarbonyl (C=S) groups is 1. The standard InChI is InChI=1S/C19H16N2O2S2/c1-12-16(19(22)23-10-13-5-3-2-4-6-13)17(14-7-8-25-11-14)15(9-20)18(24)21-12/h2-8,11,17,20H,10H2,1H3,(H,21,24). The number of carbonyl (C=O) groups is 1. The van der Waals surface area contributed by atoms with Crippen molar-refractivity contribution < 1.29 is 9.53 Å². The molecular formula is C19H16N2O2S2. The fourth-order valence-electron chi connectivity index (χ4n) is 2.77. The van der Waals surface area contributed by atoms with Crippen LogP contribution in [0, 0.1) is 5.41 Å². The van der Waals surface area contributed by atoms with Crippen molar-refractivity contribution in [1.82, 2.24) is 5.32 Å². The smallest absolute Gasteiger partial charge is 0.337 e. The molecule has 1 aliphatic rings. The minimum Gasteiger partial charge on any atom is -0.457 e. The van der Waals surface area contributed by atoms with Gasteiger partial charge in [-0.05, 0) is 40.7 Å². The Hall–Kier alpha value is -2.53. The van der Waals surface area contributed by atoms with Crippen LogP contribution in [0.25, 0.3) is 0 Å². The van der Waals surface area contributed by atoms with Crippen LogP contribution in [0.5, 0.6) is 0 Å². The third-order valence-corrected chi connectivity index (χ3v) is 4.99. The summed E-state index contributed by atoms with van der Waals surface area (Å²) in [7, 11) is 0. The van der Waals surface area contributed by atoms with Crippen molar-refractivity contribution in [2.45, 2.75) is 19.4 Å². The molecule has 1 atom stereocenters. The summed E-state index contributed by atoms with van der Waals surface area (Å²) >= 11 is 6.85. The van der Waals surface area contributed by atoms with E-state index in [0.717, 1.165) is 11.1 Å². The fraction of sp³-hybridized carbons (Fsp3) is 0.158. The number of carbonyl (C=O) groups excluding carboxylic acids is 1. The first-order valence-corrected chi connectivity index (χ1v) is 9.01. The van der Waals surface area contributed by atoms with E-state index in [1.54, 1.807) is 6.92 Å². The number of benzene rings is 1. The molecule has 3 rings (SSSR count). The van der Waals surface area contributed by atoms with Crippen LogP contribution in [0.1, 0.15) is 24.0 Å². The van der Waals surface area contributed by atoms with Gasteiger partial charge in [-0.25, -0.2) is 4.79 Å². The van der Waals surface area contributed by atoms with Gasteiger partial charge in [0.05, 0.1) is 17.1 Å². The van der Waals surface area contributed by atoms with Gasteiger partial charge in [-0.15, -0.1) is 0 Å². The lowest BCUT2D eigenvalue weighted by molar-refractivity contribution is -0.140. The first-order chi connectivity index (χ1) is 12.1. The molecule has 1 unspecified atom stereocenters. The minimum atomic E-state index is -0.430. The van der Waals surface area contributed by atoms with Gasteiger partial charge in [0.15, 0.2) is 0 Å². The highest BCUT2D eigenvalue weighted by Gasteiger charge is 2.35. The number of hydrogen-bond acceptors (Lipinski definition) is 5. The van der Waals surface area contributed by atoms with E-state index in [1.807, 2.05) is 47.2 Å². The van der Waals surface area contributed by atoms with Gasteiger partial charge in [-0.1, -0.05) is 42.5 Å². The summed E-state index contributed by atoms with van der Waals surface area (Å²) in [5.41, 5.74) is 3.43. The Kier molecular flexibility index (Phi) is 5.24. The van der Waals surface area contributed by atoms with E-state index < -0.39 is 11.9 Å². The number of rotatable bonds is 4. The van der Waals surface area contributed by atoms with E-state index in [0.29, 0.717) is 21.8 Å². The number of hydrogen-bond donors (Lipinski definition) is 2. The Bertz CT molecular complexity index is 879. The molecule has 25 heavy (non-hydrogen) atoms. The van der Waals surface area contributed by atoms with Crippen LogP contribution in [0.15, 0.2) is 64.0 Å². The average molecular weight is 368 g/mol. The molecule has 126 valence electrons. The highest BCUT2D eigenvalue weighted by molar-refractivity contribution is 7.80. The minimum absolute atomic E-state index is 0.195. The SMILES string of the molecule is CC1=C(C(=O)OCc2ccccc2)C(c2ccsc2)C(=C=N)C(=S)N1. The lowest BCUT2D eigenvalue weighted by atomic mass is 9.83. The molecule has 2 heterocycles. The molecule has 0 bridgehead atoms. The molecule has 0 saturated heterocycles. The van der Waals surface area contributed by atoms with E-state index in [-0.39, 0.29) is 6.61 Å². The predicted octanol–water partition coefficient (Wildman–Crippen LogP) is 3.95. The molecule has 1 aliphatic heterocycles. The van der Waals surface area contributed by atoms with Crippen molar-refractivity contribution >= 4 is 40.4 Å². The second kappa shape index (κ2) is 7.57. The molecule has 2 aromatic rings. The predicted molar refractivity (Wildman–Crippen MR) is 103 cm³/mol. The summed E-state index contributed by atoms with van der Waals surface area (Å²) in [6, 6.07) is 11.5. The van der Waals surface area contributed by atoms with E-state index in [2.05, 4.69) is 11.2 Å². The van der Waals surface area contributed by atoms with Gasteiger partial charge in [0.25, 0.3) is 0 Å². The van der Waals surface area contributed by atoms with Gasteiger partial charge in [0.1, 0.15) is 11.6 Å². The van der Waals surface area contributed by atoms with E-state index >= 15 is 0 Å². The molecule has 1 aromatic heterocycles. The molecule has 0 saturated carbocycles. The lowest BCUT2D eigenvalue weighted by Crippen LogP contribution is -2.35. The molecule has 1 aromatic carbocycles. The van der Waals surface area contributed by atoms with Crippen LogP contribution in [0.4, 0.5) is 0 Å². The van der Waals surface area contributed by atoms with Crippen LogP contribution < -0.4 is 5.32 Å². The van der Waals surface area contributed by atoms with Gasteiger partial charge in [0.2, 0.25) is 0 Å². The van der Waals surface area contributed by atoms with Crippen LogP contribution in [0.2, 0.25) is 0 Å². The van der Waals surface area contributed by atoms with Gasteiger partial charge >= 0.3 is 5.97 Å². The van der Waals surface area contributed by atoms with Gasteiger partial charge < -0.3 is 10.1 Å². The summed E-state index contributed by atoms with van der Waals surface area (Å²) in [6.07, 6.45) is 0. The van der Waals surface area contributed by atoms with Crippen LogP contribution in [0.3, 0.4) is 0 Å². The molecule has 4 nitrogen and oxygen atoms in total. The van der Waals surface area contributed by atoms with Crippen molar-refractivity contribution in [3.05, 3.63) is 75.1 Å². The Morgan fingerprint density at radius 2 is 2.12 bits per heavy atom. The number of ether oxygens (including phenoxy) is 1. The van der Waals surface area contributed by atoms with E-state index in [9.17, 15) is 4.79 Å². The first-order valence-electron chi connectivity index (χ1n) is 7.66. The maximum absolute atomic E-state index is 12.8. The summed E-state index contributed by atoms with van der Waals surface area (Å²) in [5.74, 6) is 1.55. The Balaban J connectivity index is 1.93. The topological polar surface area (TPSA) is 62.2 Å². The quantitative estimate of drug-likeness (QED) is 0.371. The van der Waals surface area contributed by atoms with Crippen molar-refractivity contribution in [3.63, 3.8) is 0 Å². The average Bonchev–Trinajstić information content (AvgIpc) is 3.14. The second-order valence-corrected chi connectivity index (χ2v) is 6.77.